The Morgan fingerprint density at radius 2 is 2.05 bits per heavy atom. The minimum absolute atomic E-state index is 0.0299. The number of rotatable bonds is 4. The summed E-state index contributed by atoms with van der Waals surface area (Å²) in [6, 6.07) is 11.8. The van der Waals surface area contributed by atoms with Gasteiger partial charge in [0.1, 0.15) is 0 Å². The molecule has 20 heavy (non-hydrogen) atoms. The number of thiophene rings is 1. The van der Waals surface area contributed by atoms with E-state index >= 15 is 0 Å². The van der Waals surface area contributed by atoms with Gasteiger partial charge in [-0.05, 0) is 30.6 Å². The van der Waals surface area contributed by atoms with Crippen LogP contribution in [-0.4, -0.2) is 22.0 Å². The fourth-order valence-electron chi connectivity index (χ4n) is 2.13. The molecule has 2 heterocycles. The molecule has 1 N–H and O–H groups in total. The predicted molar refractivity (Wildman–Crippen MR) is 81.6 cm³/mol. The summed E-state index contributed by atoms with van der Waals surface area (Å²) in [4.78, 5) is 1.06. The third kappa shape index (κ3) is 2.35. The van der Waals surface area contributed by atoms with Crippen molar-refractivity contribution in [3.05, 3.63) is 63.6 Å². The van der Waals surface area contributed by atoms with E-state index in [1.807, 2.05) is 53.5 Å². The largest absolute Gasteiger partial charge is 0.307 e. The van der Waals surface area contributed by atoms with E-state index in [4.69, 9.17) is 11.6 Å². The highest BCUT2D eigenvalue weighted by atomic mass is 35.5. The Labute approximate surface area is 126 Å². The van der Waals surface area contributed by atoms with Gasteiger partial charge in [0.15, 0.2) is 0 Å². The van der Waals surface area contributed by atoms with Gasteiger partial charge in [0.2, 0.25) is 0 Å². The van der Waals surface area contributed by atoms with Crippen LogP contribution in [0.1, 0.15) is 16.6 Å². The molecule has 2 aromatic heterocycles. The lowest BCUT2D eigenvalue weighted by Crippen LogP contribution is -2.20. The van der Waals surface area contributed by atoms with Crippen LogP contribution in [0.15, 0.2) is 48.0 Å². The van der Waals surface area contributed by atoms with Crippen molar-refractivity contribution in [1.29, 1.82) is 0 Å². The number of nitrogens with zero attached hydrogens (tertiary/aromatic N) is 3. The number of halogens is 1. The smallest absolute Gasteiger partial charge is 0.0875 e. The van der Waals surface area contributed by atoms with E-state index in [1.165, 1.54) is 0 Å². The van der Waals surface area contributed by atoms with Crippen LogP contribution in [0, 0.1) is 0 Å². The van der Waals surface area contributed by atoms with Crippen LogP contribution in [0.5, 0.6) is 0 Å². The molecule has 1 atom stereocenters. The molecule has 0 aliphatic carbocycles. The van der Waals surface area contributed by atoms with E-state index < -0.39 is 0 Å². The minimum atomic E-state index is -0.0299. The fourth-order valence-corrected chi connectivity index (χ4v) is 3.42. The number of para-hydroxylation sites is 1. The summed E-state index contributed by atoms with van der Waals surface area (Å²) in [5.41, 5.74) is 1.94. The van der Waals surface area contributed by atoms with Crippen LogP contribution >= 0.6 is 22.9 Å². The summed E-state index contributed by atoms with van der Waals surface area (Å²) in [5, 5.41) is 14.3. The second-order valence-electron chi connectivity index (χ2n) is 4.26. The average Bonchev–Trinajstić information content (AvgIpc) is 3.11. The minimum Gasteiger partial charge on any atom is -0.307 e. The summed E-state index contributed by atoms with van der Waals surface area (Å²) in [6.45, 7) is 0. The van der Waals surface area contributed by atoms with Crippen molar-refractivity contribution in [3.8, 4) is 5.69 Å². The van der Waals surface area contributed by atoms with Crippen LogP contribution in [-0.2, 0) is 0 Å². The summed E-state index contributed by atoms with van der Waals surface area (Å²) in [5.74, 6) is 0. The molecule has 0 bridgehead atoms. The van der Waals surface area contributed by atoms with Crippen molar-refractivity contribution in [1.82, 2.24) is 20.3 Å². The quantitative estimate of drug-likeness (QED) is 0.804. The van der Waals surface area contributed by atoms with E-state index in [0.717, 1.165) is 21.3 Å². The molecular weight excluding hydrogens is 292 g/mol. The Morgan fingerprint density at radius 3 is 2.70 bits per heavy atom. The lowest BCUT2D eigenvalue weighted by molar-refractivity contribution is 0.642. The molecule has 0 saturated carbocycles. The number of nitrogens with one attached hydrogen (secondary N) is 1. The van der Waals surface area contributed by atoms with Gasteiger partial charge >= 0.3 is 0 Å². The lowest BCUT2D eigenvalue weighted by atomic mass is 10.1. The zero-order valence-corrected chi connectivity index (χ0v) is 12.4. The number of aromatic nitrogens is 3. The molecule has 0 amide bonds. The van der Waals surface area contributed by atoms with Crippen molar-refractivity contribution >= 4 is 22.9 Å². The maximum atomic E-state index is 6.25. The molecular formula is C14H13ClN4S. The fraction of sp³-hybridized carbons (Fsp3) is 0.143. The normalized spacial score (nSPS) is 12.5. The van der Waals surface area contributed by atoms with Gasteiger partial charge in [-0.3, -0.25) is 0 Å². The molecule has 4 nitrogen and oxygen atoms in total. The molecule has 0 fully saturated rings. The highest BCUT2D eigenvalue weighted by molar-refractivity contribution is 7.10. The molecule has 102 valence electrons. The zero-order valence-electron chi connectivity index (χ0n) is 10.8. The van der Waals surface area contributed by atoms with E-state index in [2.05, 4.69) is 15.6 Å². The number of hydrogen-bond acceptors (Lipinski definition) is 4. The Bertz CT molecular complexity index is 692. The average molecular weight is 305 g/mol. The van der Waals surface area contributed by atoms with E-state index in [9.17, 15) is 0 Å². The first kappa shape index (κ1) is 13.3. The lowest BCUT2D eigenvalue weighted by Gasteiger charge is -2.16. The topological polar surface area (TPSA) is 42.7 Å². The molecule has 1 unspecified atom stereocenters. The summed E-state index contributed by atoms with van der Waals surface area (Å²) < 4.78 is 1.83. The standard InChI is InChI=1S/C14H13ClN4S/c1-16-13(14-11(15)7-8-20-14)12-9-17-18-19(12)10-5-3-2-4-6-10/h2-9,13,16H,1H3. The molecule has 0 aliphatic rings. The summed E-state index contributed by atoms with van der Waals surface area (Å²) >= 11 is 7.87. The van der Waals surface area contributed by atoms with E-state index in [0.29, 0.717) is 0 Å². The van der Waals surface area contributed by atoms with Crippen molar-refractivity contribution in [2.24, 2.45) is 0 Å². The predicted octanol–water partition coefficient (Wildman–Crippen LogP) is 3.29. The molecule has 3 aromatic rings. The Hall–Kier alpha value is -1.69. The Kier molecular flexibility index (Phi) is 3.82. The second kappa shape index (κ2) is 5.75. The van der Waals surface area contributed by atoms with Crippen molar-refractivity contribution in [2.75, 3.05) is 7.05 Å². The second-order valence-corrected chi connectivity index (χ2v) is 5.62. The van der Waals surface area contributed by atoms with Crippen molar-refractivity contribution in [2.45, 2.75) is 6.04 Å². The molecule has 0 saturated heterocycles. The third-order valence-electron chi connectivity index (χ3n) is 3.07. The van der Waals surface area contributed by atoms with Crippen molar-refractivity contribution < 1.29 is 0 Å². The van der Waals surface area contributed by atoms with Gasteiger partial charge in [-0.1, -0.05) is 35.0 Å². The van der Waals surface area contributed by atoms with Crippen LogP contribution < -0.4 is 5.32 Å². The zero-order chi connectivity index (χ0) is 13.9. The maximum Gasteiger partial charge on any atom is 0.0875 e. The van der Waals surface area contributed by atoms with Gasteiger partial charge in [0, 0.05) is 4.88 Å². The van der Waals surface area contributed by atoms with Gasteiger partial charge in [-0.25, -0.2) is 4.68 Å². The summed E-state index contributed by atoms with van der Waals surface area (Å²) in [6.07, 6.45) is 1.77. The first-order valence-electron chi connectivity index (χ1n) is 6.17. The molecule has 0 spiro atoms. The number of benzene rings is 1. The highest BCUT2D eigenvalue weighted by Crippen LogP contribution is 2.32. The van der Waals surface area contributed by atoms with Gasteiger partial charge in [-0.15, -0.1) is 16.4 Å². The molecule has 0 radical (unpaired) electrons. The molecule has 0 aliphatic heterocycles. The first-order valence-corrected chi connectivity index (χ1v) is 7.43. The van der Waals surface area contributed by atoms with Gasteiger partial charge in [-0.2, -0.15) is 0 Å². The number of hydrogen-bond donors (Lipinski definition) is 1. The SMILES string of the molecule is CNC(c1sccc1Cl)c1cnnn1-c1ccccc1. The van der Waals surface area contributed by atoms with Crippen LogP contribution in [0.4, 0.5) is 0 Å². The van der Waals surface area contributed by atoms with Gasteiger partial charge < -0.3 is 5.32 Å². The van der Waals surface area contributed by atoms with E-state index in [-0.39, 0.29) is 6.04 Å². The molecule has 3 rings (SSSR count). The van der Waals surface area contributed by atoms with Crippen LogP contribution in [0.3, 0.4) is 0 Å². The van der Waals surface area contributed by atoms with Crippen LogP contribution in [0.25, 0.3) is 5.69 Å². The van der Waals surface area contributed by atoms with Crippen molar-refractivity contribution in [3.63, 3.8) is 0 Å². The monoisotopic (exact) mass is 304 g/mol. The van der Waals surface area contributed by atoms with Crippen LogP contribution in [0.2, 0.25) is 5.02 Å². The first-order chi connectivity index (χ1) is 9.81. The molecule has 1 aromatic carbocycles. The van der Waals surface area contributed by atoms with Gasteiger partial charge in [0.05, 0.1) is 28.6 Å². The maximum absolute atomic E-state index is 6.25. The Balaban J connectivity index is 2.07. The summed E-state index contributed by atoms with van der Waals surface area (Å²) in [7, 11) is 1.91. The Morgan fingerprint density at radius 1 is 1.25 bits per heavy atom. The van der Waals surface area contributed by atoms with E-state index in [1.54, 1.807) is 17.5 Å². The molecule has 6 heteroatoms. The highest BCUT2D eigenvalue weighted by Gasteiger charge is 2.21. The van der Waals surface area contributed by atoms with Gasteiger partial charge in [0.25, 0.3) is 0 Å². The third-order valence-corrected chi connectivity index (χ3v) is 4.49.